The maximum absolute atomic E-state index is 12.7. The summed E-state index contributed by atoms with van der Waals surface area (Å²) in [6.07, 6.45) is 0. The van der Waals surface area contributed by atoms with Crippen molar-refractivity contribution < 1.29 is 9.32 Å². The van der Waals surface area contributed by atoms with Crippen LogP contribution in [-0.4, -0.2) is 20.6 Å². The molecule has 7 nitrogen and oxygen atoms in total. The number of benzene rings is 2. The molecule has 2 aromatic carbocycles. The minimum Gasteiger partial charge on any atom is -0.334 e. The molecule has 2 aromatic heterocycles. The van der Waals surface area contributed by atoms with E-state index in [0.29, 0.717) is 27.6 Å². The van der Waals surface area contributed by atoms with Gasteiger partial charge in [-0.15, -0.1) is 0 Å². The van der Waals surface area contributed by atoms with Gasteiger partial charge in [0, 0.05) is 22.2 Å². The maximum atomic E-state index is 12.7. The molecule has 0 aliphatic heterocycles. The summed E-state index contributed by atoms with van der Waals surface area (Å²) in [4.78, 5) is 29.4. The van der Waals surface area contributed by atoms with Crippen molar-refractivity contribution in [2.75, 3.05) is 5.32 Å². The molecular weight excluding hydrogens is 380 g/mol. The third-order valence-corrected chi connectivity index (χ3v) is 4.46. The summed E-state index contributed by atoms with van der Waals surface area (Å²) in [6.45, 7) is 1.57. The first-order valence-corrected chi connectivity index (χ1v) is 8.88. The highest BCUT2D eigenvalue weighted by molar-refractivity contribution is 6.30. The number of hydrogen-bond acceptors (Lipinski definition) is 5. The molecule has 4 rings (SSSR count). The third kappa shape index (κ3) is 3.52. The molecule has 0 spiro atoms. The predicted octanol–water partition coefficient (Wildman–Crippen LogP) is 3.65. The largest absolute Gasteiger partial charge is 0.334 e. The molecule has 0 bridgehead atoms. The molecule has 140 valence electrons. The lowest BCUT2D eigenvalue weighted by molar-refractivity contribution is -0.116. The van der Waals surface area contributed by atoms with E-state index in [9.17, 15) is 9.59 Å². The van der Waals surface area contributed by atoms with Gasteiger partial charge >= 0.3 is 0 Å². The topological polar surface area (TPSA) is 90.0 Å². The van der Waals surface area contributed by atoms with Crippen LogP contribution in [0.25, 0.3) is 22.4 Å². The molecule has 8 heteroatoms. The van der Waals surface area contributed by atoms with Crippen molar-refractivity contribution in [3.8, 4) is 11.5 Å². The number of carbonyl (C=O) groups is 1. The van der Waals surface area contributed by atoms with Crippen LogP contribution in [0.3, 0.4) is 0 Å². The highest BCUT2D eigenvalue weighted by Gasteiger charge is 2.16. The highest BCUT2D eigenvalue weighted by atomic mass is 35.5. The number of anilines is 1. The number of fused-ring (bicyclic) bond motifs is 1. The van der Waals surface area contributed by atoms with E-state index in [1.807, 2.05) is 12.1 Å². The zero-order valence-corrected chi connectivity index (χ0v) is 15.6. The van der Waals surface area contributed by atoms with Crippen LogP contribution in [0, 0.1) is 6.92 Å². The lowest BCUT2D eigenvalue weighted by Gasteiger charge is -2.12. The Labute approximate surface area is 164 Å². The fourth-order valence-corrected chi connectivity index (χ4v) is 3.08. The van der Waals surface area contributed by atoms with Crippen molar-refractivity contribution in [2.24, 2.45) is 0 Å². The van der Waals surface area contributed by atoms with Crippen LogP contribution in [0.15, 0.2) is 63.9 Å². The molecule has 0 saturated heterocycles. The van der Waals surface area contributed by atoms with Gasteiger partial charge in [0.15, 0.2) is 5.82 Å². The SMILES string of the molecule is Cc1noc(-c2cc(=O)n(CC(=O)Nc3ccc(Cl)cc3)c3ccccc23)n1. The molecule has 0 saturated carbocycles. The summed E-state index contributed by atoms with van der Waals surface area (Å²) in [5, 5.41) is 7.86. The Hall–Kier alpha value is -3.45. The fraction of sp³-hybridized carbons (Fsp3) is 0.100. The van der Waals surface area contributed by atoms with E-state index in [1.165, 1.54) is 10.6 Å². The second-order valence-corrected chi connectivity index (χ2v) is 6.64. The number of pyridine rings is 1. The first-order valence-electron chi connectivity index (χ1n) is 8.50. The second kappa shape index (κ2) is 7.28. The lowest BCUT2D eigenvalue weighted by Crippen LogP contribution is -2.27. The number of hydrogen-bond donors (Lipinski definition) is 1. The van der Waals surface area contributed by atoms with E-state index < -0.39 is 0 Å². The number of rotatable bonds is 4. The number of halogens is 1. The van der Waals surface area contributed by atoms with Gasteiger partial charge in [-0.05, 0) is 37.3 Å². The Morgan fingerprint density at radius 2 is 1.93 bits per heavy atom. The third-order valence-electron chi connectivity index (χ3n) is 4.21. The molecule has 4 aromatic rings. The minimum absolute atomic E-state index is 0.134. The molecule has 1 amide bonds. The van der Waals surface area contributed by atoms with Crippen molar-refractivity contribution in [2.45, 2.75) is 13.5 Å². The zero-order chi connectivity index (χ0) is 19.7. The minimum atomic E-state index is -0.337. The fourth-order valence-electron chi connectivity index (χ4n) is 2.96. The lowest BCUT2D eigenvalue weighted by atomic mass is 10.1. The smallest absolute Gasteiger partial charge is 0.258 e. The number of aromatic nitrogens is 3. The quantitative estimate of drug-likeness (QED) is 0.570. The predicted molar refractivity (Wildman–Crippen MR) is 106 cm³/mol. The van der Waals surface area contributed by atoms with Crippen LogP contribution in [0.1, 0.15) is 5.82 Å². The van der Waals surface area contributed by atoms with Crippen LogP contribution >= 0.6 is 11.6 Å². The Morgan fingerprint density at radius 1 is 1.18 bits per heavy atom. The molecule has 0 aliphatic rings. The van der Waals surface area contributed by atoms with Gasteiger partial charge < -0.3 is 9.84 Å². The van der Waals surface area contributed by atoms with E-state index in [2.05, 4.69) is 15.5 Å². The van der Waals surface area contributed by atoms with Crippen LogP contribution < -0.4 is 10.9 Å². The molecule has 0 unspecified atom stereocenters. The molecule has 2 heterocycles. The number of amides is 1. The summed E-state index contributed by atoms with van der Waals surface area (Å²) in [5.74, 6) is 0.421. The van der Waals surface area contributed by atoms with E-state index in [0.717, 1.165) is 5.39 Å². The maximum Gasteiger partial charge on any atom is 0.258 e. The van der Waals surface area contributed by atoms with Gasteiger partial charge in [-0.25, -0.2) is 0 Å². The number of aryl methyl sites for hydroxylation is 1. The molecule has 0 aliphatic carbocycles. The van der Waals surface area contributed by atoms with Gasteiger partial charge in [0.25, 0.3) is 11.4 Å². The summed E-state index contributed by atoms with van der Waals surface area (Å²) in [5.41, 5.74) is 1.41. The van der Waals surface area contributed by atoms with Gasteiger partial charge in [0.05, 0.1) is 11.1 Å². The monoisotopic (exact) mass is 394 g/mol. The van der Waals surface area contributed by atoms with Crippen LogP contribution in [0.5, 0.6) is 0 Å². The summed E-state index contributed by atoms with van der Waals surface area (Å²) in [6, 6.07) is 15.4. The number of nitrogens with one attached hydrogen (secondary N) is 1. The van der Waals surface area contributed by atoms with E-state index in [1.54, 1.807) is 43.3 Å². The summed E-state index contributed by atoms with van der Waals surface area (Å²) < 4.78 is 6.63. The van der Waals surface area contributed by atoms with Gasteiger partial charge in [0.2, 0.25) is 5.91 Å². The Morgan fingerprint density at radius 3 is 2.64 bits per heavy atom. The Bertz CT molecular complexity index is 1230. The first-order chi connectivity index (χ1) is 13.5. The van der Waals surface area contributed by atoms with Crippen molar-refractivity contribution >= 4 is 34.1 Å². The Kier molecular flexibility index (Phi) is 4.67. The van der Waals surface area contributed by atoms with Gasteiger partial charge in [-0.1, -0.05) is 35.0 Å². The molecule has 28 heavy (non-hydrogen) atoms. The average Bonchev–Trinajstić information content (AvgIpc) is 3.12. The van der Waals surface area contributed by atoms with Crippen molar-refractivity contribution in [1.82, 2.24) is 14.7 Å². The first kappa shape index (κ1) is 17.9. The molecule has 0 fully saturated rings. The van der Waals surface area contributed by atoms with Crippen molar-refractivity contribution in [3.05, 3.63) is 75.8 Å². The van der Waals surface area contributed by atoms with Crippen LogP contribution in [0.4, 0.5) is 5.69 Å². The number of nitrogens with zero attached hydrogens (tertiary/aromatic N) is 3. The molecule has 1 N–H and O–H groups in total. The van der Waals surface area contributed by atoms with Crippen LogP contribution in [-0.2, 0) is 11.3 Å². The summed E-state index contributed by atoms with van der Waals surface area (Å²) in [7, 11) is 0. The van der Waals surface area contributed by atoms with E-state index in [4.69, 9.17) is 16.1 Å². The number of para-hydroxylation sites is 1. The van der Waals surface area contributed by atoms with Crippen molar-refractivity contribution in [1.29, 1.82) is 0 Å². The van der Waals surface area contributed by atoms with E-state index >= 15 is 0 Å². The van der Waals surface area contributed by atoms with Gasteiger partial charge in [0.1, 0.15) is 6.54 Å². The van der Waals surface area contributed by atoms with Crippen molar-refractivity contribution in [3.63, 3.8) is 0 Å². The van der Waals surface area contributed by atoms with Crippen LogP contribution in [0.2, 0.25) is 5.02 Å². The van der Waals surface area contributed by atoms with Gasteiger partial charge in [-0.3, -0.25) is 14.2 Å². The molecular formula is C20H15ClN4O3. The average molecular weight is 395 g/mol. The normalized spacial score (nSPS) is 10.9. The zero-order valence-electron chi connectivity index (χ0n) is 14.8. The standard InChI is InChI=1S/C20H15ClN4O3/c1-12-22-20(28-24-12)16-10-19(27)25(17-5-3-2-4-15(16)17)11-18(26)23-14-8-6-13(21)7-9-14/h2-10H,11H2,1H3,(H,23,26). The second-order valence-electron chi connectivity index (χ2n) is 6.20. The number of carbonyl (C=O) groups excluding carboxylic acids is 1. The summed E-state index contributed by atoms with van der Waals surface area (Å²) >= 11 is 5.86. The molecule has 0 radical (unpaired) electrons. The molecule has 0 atom stereocenters. The Balaban J connectivity index is 1.71. The van der Waals surface area contributed by atoms with E-state index in [-0.39, 0.29) is 23.9 Å². The highest BCUT2D eigenvalue weighted by Crippen LogP contribution is 2.26. The van der Waals surface area contributed by atoms with Gasteiger partial charge in [-0.2, -0.15) is 4.98 Å².